The average molecular weight is 303 g/mol. The van der Waals surface area contributed by atoms with E-state index >= 15 is 0 Å². The first kappa shape index (κ1) is 13.7. The minimum atomic E-state index is 0.909. The third-order valence-corrected chi connectivity index (χ3v) is 5.20. The standard InChI is InChI=1S/C15H17N3S2/c1-3-11-14(9-16-4-2)20-15(18-11)10-7-13-12(17-8-10)5-6-19-13/h5-8,16H,3-4,9H2,1-2H3. The monoisotopic (exact) mass is 303 g/mol. The van der Waals surface area contributed by atoms with Gasteiger partial charge in [-0.15, -0.1) is 22.7 Å². The van der Waals surface area contributed by atoms with Crippen molar-refractivity contribution in [1.82, 2.24) is 15.3 Å². The van der Waals surface area contributed by atoms with Gasteiger partial charge in [-0.25, -0.2) is 4.98 Å². The molecule has 0 saturated heterocycles. The molecule has 0 aliphatic carbocycles. The summed E-state index contributed by atoms with van der Waals surface area (Å²) in [5.74, 6) is 0. The van der Waals surface area contributed by atoms with E-state index in [9.17, 15) is 0 Å². The van der Waals surface area contributed by atoms with Crippen LogP contribution in [0.5, 0.6) is 0 Å². The van der Waals surface area contributed by atoms with E-state index in [4.69, 9.17) is 4.98 Å². The van der Waals surface area contributed by atoms with Crippen LogP contribution in [0.2, 0.25) is 0 Å². The van der Waals surface area contributed by atoms with Gasteiger partial charge in [-0.05, 0) is 30.5 Å². The van der Waals surface area contributed by atoms with Gasteiger partial charge >= 0.3 is 0 Å². The van der Waals surface area contributed by atoms with Crippen molar-refractivity contribution in [2.24, 2.45) is 0 Å². The fraction of sp³-hybridized carbons (Fsp3) is 0.333. The number of nitrogens with one attached hydrogen (secondary N) is 1. The summed E-state index contributed by atoms with van der Waals surface area (Å²) < 4.78 is 1.23. The largest absolute Gasteiger partial charge is 0.312 e. The molecule has 3 heterocycles. The van der Waals surface area contributed by atoms with Crippen LogP contribution < -0.4 is 5.32 Å². The SMILES string of the molecule is CCNCc1sc(-c2cnc3ccsc3c2)nc1CC. The van der Waals surface area contributed by atoms with Gasteiger partial charge in [0.05, 0.1) is 15.9 Å². The van der Waals surface area contributed by atoms with Crippen molar-refractivity contribution in [2.45, 2.75) is 26.8 Å². The van der Waals surface area contributed by atoms with Gasteiger partial charge < -0.3 is 5.32 Å². The van der Waals surface area contributed by atoms with E-state index < -0.39 is 0 Å². The number of fused-ring (bicyclic) bond motifs is 1. The van der Waals surface area contributed by atoms with Crippen LogP contribution in [0.25, 0.3) is 20.8 Å². The second-order valence-corrected chi connectivity index (χ2v) is 6.58. The molecule has 0 aliphatic rings. The Balaban J connectivity index is 1.97. The highest BCUT2D eigenvalue weighted by Crippen LogP contribution is 2.31. The Labute approximate surface area is 126 Å². The van der Waals surface area contributed by atoms with Crippen LogP contribution in [-0.2, 0) is 13.0 Å². The van der Waals surface area contributed by atoms with Gasteiger partial charge in [0.1, 0.15) is 5.01 Å². The summed E-state index contributed by atoms with van der Waals surface area (Å²) in [6, 6.07) is 4.25. The Morgan fingerprint density at radius 1 is 1.30 bits per heavy atom. The van der Waals surface area contributed by atoms with Crippen molar-refractivity contribution < 1.29 is 0 Å². The molecule has 0 bridgehead atoms. The Morgan fingerprint density at radius 3 is 3.00 bits per heavy atom. The highest BCUT2D eigenvalue weighted by molar-refractivity contribution is 7.17. The van der Waals surface area contributed by atoms with Crippen LogP contribution >= 0.6 is 22.7 Å². The van der Waals surface area contributed by atoms with Crippen LogP contribution in [0.4, 0.5) is 0 Å². The predicted octanol–water partition coefficient (Wildman–Crippen LogP) is 4.09. The fourth-order valence-electron chi connectivity index (χ4n) is 2.12. The molecule has 3 aromatic heterocycles. The molecule has 5 heteroatoms. The summed E-state index contributed by atoms with van der Waals surface area (Å²) >= 11 is 3.51. The molecule has 0 fully saturated rings. The average Bonchev–Trinajstić information content (AvgIpc) is 3.10. The number of aromatic nitrogens is 2. The summed E-state index contributed by atoms with van der Waals surface area (Å²) in [7, 11) is 0. The van der Waals surface area contributed by atoms with Crippen molar-refractivity contribution >= 4 is 32.9 Å². The van der Waals surface area contributed by atoms with E-state index in [1.165, 1.54) is 15.3 Å². The van der Waals surface area contributed by atoms with E-state index in [2.05, 4.69) is 41.7 Å². The molecule has 3 rings (SSSR count). The zero-order chi connectivity index (χ0) is 13.9. The second-order valence-electron chi connectivity index (χ2n) is 4.55. The van der Waals surface area contributed by atoms with Gasteiger partial charge in [-0.3, -0.25) is 4.98 Å². The maximum Gasteiger partial charge on any atom is 0.125 e. The quantitative estimate of drug-likeness (QED) is 0.771. The first-order valence-electron chi connectivity index (χ1n) is 6.84. The molecule has 0 saturated carbocycles. The van der Waals surface area contributed by atoms with Gasteiger partial charge in [0.15, 0.2) is 0 Å². The van der Waals surface area contributed by atoms with E-state index in [1.54, 1.807) is 22.7 Å². The topological polar surface area (TPSA) is 37.8 Å². The van der Waals surface area contributed by atoms with E-state index in [0.29, 0.717) is 0 Å². The molecular formula is C15H17N3S2. The number of nitrogens with zero attached hydrogens (tertiary/aromatic N) is 2. The summed E-state index contributed by atoms with van der Waals surface area (Å²) in [6.07, 6.45) is 2.91. The van der Waals surface area contributed by atoms with Crippen molar-refractivity contribution in [3.8, 4) is 10.6 Å². The number of aryl methyl sites for hydroxylation is 1. The molecule has 0 aromatic carbocycles. The Morgan fingerprint density at radius 2 is 2.20 bits per heavy atom. The minimum absolute atomic E-state index is 0.909. The highest BCUT2D eigenvalue weighted by atomic mass is 32.1. The molecule has 0 radical (unpaired) electrons. The van der Waals surface area contributed by atoms with Crippen molar-refractivity contribution in [2.75, 3.05) is 6.54 Å². The number of hydrogen-bond acceptors (Lipinski definition) is 5. The predicted molar refractivity (Wildman–Crippen MR) is 87.5 cm³/mol. The lowest BCUT2D eigenvalue weighted by molar-refractivity contribution is 0.727. The van der Waals surface area contributed by atoms with Crippen LogP contribution in [0.15, 0.2) is 23.7 Å². The van der Waals surface area contributed by atoms with Crippen molar-refractivity contribution in [3.63, 3.8) is 0 Å². The molecule has 0 aliphatic heterocycles. The Kier molecular flexibility index (Phi) is 4.10. The van der Waals surface area contributed by atoms with Crippen molar-refractivity contribution in [1.29, 1.82) is 0 Å². The summed E-state index contributed by atoms with van der Waals surface area (Å²) in [6.45, 7) is 6.18. The Bertz CT molecular complexity index is 715. The first-order chi connectivity index (χ1) is 9.81. The number of thiophene rings is 1. The van der Waals surface area contributed by atoms with Gasteiger partial charge in [0.2, 0.25) is 0 Å². The molecule has 20 heavy (non-hydrogen) atoms. The first-order valence-corrected chi connectivity index (χ1v) is 8.54. The molecule has 0 spiro atoms. The van der Waals surface area contributed by atoms with Crippen LogP contribution in [0.3, 0.4) is 0 Å². The molecule has 104 valence electrons. The fourth-order valence-corrected chi connectivity index (χ4v) is 4.00. The van der Waals surface area contributed by atoms with E-state index in [0.717, 1.165) is 35.6 Å². The molecule has 3 nitrogen and oxygen atoms in total. The van der Waals surface area contributed by atoms with Gasteiger partial charge in [0.25, 0.3) is 0 Å². The highest BCUT2D eigenvalue weighted by Gasteiger charge is 2.12. The van der Waals surface area contributed by atoms with Crippen molar-refractivity contribution in [3.05, 3.63) is 34.3 Å². The summed E-state index contributed by atoms with van der Waals surface area (Å²) in [5, 5.41) is 6.55. The van der Waals surface area contributed by atoms with Crippen LogP contribution in [0, 0.1) is 0 Å². The molecule has 0 unspecified atom stereocenters. The van der Waals surface area contributed by atoms with Crippen LogP contribution in [0.1, 0.15) is 24.4 Å². The molecule has 0 atom stereocenters. The molecule has 1 N–H and O–H groups in total. The summed E-state index contributed by atoms with van der Waals surface area (Å²) in [4.78, 5) is 10.6. The smallest absolute Gasteiger partial charge is 0.125 e. The third-order valence-electron chi connectivity index (χ3n) is 3.20. The Hall–Kier alpha value is -1.30. The number of hydrogen-bond donors (Lipinski definition) is 1. The lowest BCUT2D eigenvalue weighted by atomic mass is 10.2. The molecule has 3 aromatic rings. The minimum Gasteiger partial charge on any atom is -0.312 e. The molecule has 0 amide bonds. The lowest BCUT2D eigenvalue weighted by Crippen LogP contribution is -2.11. The summed E-state index contributed by atoms with van der Waals surface area (Å²) in [5.41, 5.74) is 3.40. The maximum atomic E-state index is 4.79. The molecular weight excluding hydrogens is 286 g/mol. The second kappa shape index (κ2) is 5.99. The number of rotatable bonds is 5. The number of thiazole rings is 1. The van der Waals surface area contributed by atoms with E-state index in [-0.39, 0.29) is 0 Å². The zero-order valence-corrected chi connectivity index (χ0v) is 13.3. The number of pyridine rings is 1. The van der Waals surface area contributed by atoms with Crippen LogP contribution in [-0.4, -0.2) is 16.5 Å². The zero-order valence-electron chi connectivity index (χ0n) is 11.6. The van der Waals surface area contributed by atoms with E-state index in [1.807, 2.05) is 6.20 Å². The normalized spacial score (nSPS) is 11.3. The third kappa shape index (κ3) is 2.61. The van der Waals surface area contributed by atoms with Gasteiger partial charge in [0, 0.05) is 23.2 Å². The van der Waals surface area contributed by atoms with Gasteiger partial charge in [-0.2, -0.15) is 0 Å². The maximum absolute atomic E-state index is 4.79. The lowest BCUT2D eigenvalue weighted by Gasteiger charge is -1.99. The van der Waals surface area contributed by atoms with Gasteiger partial charge in [-0.1, -0.05) is 13.8 Å².